The Morgan fingerprint density at radius 2 is 1.83 bits per heavy atom. The number of hydrogen-bond donors (Lipinski definition) is 2. The molecule has 6 nitrogen and oxygen atoms in total. The summed E-state index contributed by atoms with van der Waals surface area (Å²) in [6.07, 6.45) is 3.61. The van der Waals surface area contributed by atoms with Crippen LogP contribution in [-0.4, -0.2) is 32.5 Å². The molecule has 0 bridgehead atoms. The second-order valence-electron chi connectivity index (χ2n) is 8.91. The standard InChI is InChI=1S/C26H23ClF3N5O/c27-17-6-9-22-21(12-17)23(14-24(34-22)26(28,29)30)32-18-2-1-3-19(13-18)33-25(36)16-4-7-20(8-5-16)35-11-10-31-15-35/h4-12,14-15,18-19H,1-3,13H2,(H,32,34)(H,33,36)/t18-,19+/m0/s1. The number of nitrogens with zero attached hydrogens (tertiary/aromatic N) is 3. The number of carbonyl (C=O) groups is 1. The quantitative estimate of drug-likeness (QED) is 0.331. The van der Waals surface area contributed by atoms with Crippen molar-refractivity contribution in [2.75, 3.05) is 5.32 Å². The van der Waals surface area contributed by atoms with E-state index >= 15 is 0 Å². The van der Waals surface area contributed by atoms with Gasteiger partial charge in [0.25, 0.3) is 5.91 Å². The Balaban J connectivity index is 1.29. The lowest BCUT2D eigenvalue weighted by Gasteiger charge is -2.31. The molecule has 186 valence electrons. The van der Waals surface area contributed by atoms with Gasteiger partial charge in [0, 0.05) is 51.8 Å². The van der Waals surface area contributed by atoms with Crippen molar-refractivity contribution < 1.29 is 18.0 Å². The average Bonchev–Trinajstić information content (AvgIpc) is 3.39. The minimum absolute atomic E-state index is 0.101. The molecule has 1 fully saturated rings. The van der Waals surface area contributed by atoms with Crippen molar-refractivity contribution in [3.8, 4) is 5.69 Å². The van der Waals surface area contributed by atoms with Gasteiger partial charge in [0.2, 0.25) is 0 Å². The van der Waals surface area contributed by atoms with Crippen LogP contribution in [0.15, 0.2) is 67.3 Å². The van der Waals surface area contributed by atoms with Crippen LogP contribution in [0.4, 0.5) is 18.9 Å². The molecule has 10 heteroatoms. The molecule has 2 aromatic carbocycles. The van der Waals surface area contributed by atoms with Crippen molar-refractivity contribution in [3.05, 3.63) is 83.5 Å². The van der Waals surface area contributed by atoms with Gasteiger partial charge in [-0.3, -0.25) is 4.79 Å². The van der Waals surface area contributed by atoms with E-state index in [1.807, 2.05) is 22.9 Å². The van der Waals surface area contributed by atoms with Gasteiger partial charge in [0.05, 0.1) is 11.8 Å². The summed E-state index contributed by atoms with van der Waals surface area (Å²) >= 11 is 6.11. The maximum absolute atomic E-state index is 13.5. The van der Waals surface area contributed by atoms with Gasteiger partial charge in [-0.05, 0) is 74.2 Å². The Morgan fingerprint density at radius 3 is 2.56 bits per heavy atom. The third-order valence-electron chi connectivity index (χ3n) is 6.36. The number of nitrogens with one attached hydrogen (secondary N) is 2. The summed E-state index contributed by atoms with van der Waals surface area (Å²) in [6, 6.07) is 12.6. The van der Waals surface area contributed by atoms with E-state index < -0.39 is 11.9 Å². The second-order valence-corrected chi connectivity index (χ2v) is 9.35. The third-order valence-corrected chi connectivity index (χ3v) is 6.60. The van der Waals surface area contributed by atoms with E-state index in [9.17, 15) is 18.0 Å². The number of imidazole rings is 1. The van der Waals surface area contributed by atoms with Crippen LogP contribution < -0.4 is 10.6 Å². The number of aromatic nitrogens is 3. The molecule has 2 N–H and O–H groups in total. The van der Waals surface area contributed by atoms with Gasteiger partial charge in [0.15, 0.2) is 0 Å². The molecule has 36 heavy (non-hydrogen) atoms. The molecule has 1 saturated carbocycles. The highest BCUT2D eigenvalue weighted by molar-refractivity contribution is 6.31. The fourth-order valence-electron chi connectivity index (χ4n) is 4.60. The highest BCUT2D eigenvalue weighted by Gasteiger charge is 2.34. The Morgan fingerprint density at radius 1 is 1.06 bits per heavy atom. The number of alkyl halides is 3. The fraction of sp³-hybridized carbons (Fsp3) is 0.269. The number of carbonyl (C=O) groups excluding carboxylic acids is 1. The van der Waals surface area contributed by atoms with Crippen LogP contribution in [0.1, 0.15) is 41.7 Å². The smallest absolute Gasteiger partial charge is 0.382 e. The van der Waals surface area contributed by atoms with Crippen molar-refractivity contribution in [1.82, 2.24) is 19.9 Å². The predicted octanol–water partition coefficient (Wildman–Crippen LogP) is 6.25. The first-order chi connectivity index (χ1) is 17.3. The van der Waals surface area contributed by atoms with Gasteiger partial charge >= 0.3 is 6.18 Å². The zero-order valence-corrected chi connectivity index (χ0v) is 19.9. The number of benzene rings is 2. The zero-order valence-electron chi connectivity index (χ0n) is 19.1. The summed E-state index contributed by atoms with van der Waals surface area (Å²) in [5.74, 6) is -0.182. The first kappa shape index (κ1) is 24.1. The minimum atomic E-state index is -4.57. The van der Waals surface area contributed by atoms with Crippen molar-refractivity contribution >= 4 is 34.1 Å². The van der Waals surface area contributed by atoms with Crippen LogP contribution in [0.2, 0.25) is 5.02 Å². The number of halogens is 4. The maximum atomic E-state index is 13.5. The number of amides is 1. The van der Waals surface area contributed by atoms with Gasteiger partial charge in [0.1, 0.15) is 5.69 Å². The van der Waals surface area contributed by atoms with E-state index in [0.29, 0.717) is 28.1 Å². The van der Waals surface area contributed by atoms with Crippen molar-refractivity contribution in [3.63, 3.8) is 0 Å². The molecule has 0 spiro atoms. The van der Waals surface area contributed by atoms with E-state index in [-0.39, 0.29) is 23.5 Å². The summed E-state index contributed by atoms with van der Waals surface area (Å²) in [7, 11) is 0. The molecule has 5 rings (SSSR count). The molecule has 1 aliphatic rings. The van der Waals surface area contributed by atoms with Crippen LogP contribution in [-0.2, 0) is 6.18 Å². The highest BCUT2D eigenvalue weighted by Crippen LogP contribution is 2.35. The predicted molar refractivity (Wildman–Crippen MR) is 132 cm³/mol. The Bertz CT molecular complexity index is 1370. The van der Waals surface area contributed by atoms with Crippen LogP contribution in [0.3, 0.4) is 0 Å². The zero-order chi connectivity index (χ0) is 25.3. The highest BCUT2D eigenvalue weighted by atomic mass is 35.5. The van der Waals surface area contributed by atoms with Crippen molar-refractivity contribution in [1.29, 1.82) is 0 Å². The minimum Gasteiger partial charge on any atom is -0.382 e. The molecular weight excluding hydrogens is 491 g/mol. The molecule has 0 saturated heterocycles. The molecule has 0 unspecified atom stereocenters. The van der Waals surface area contributed by atoms with E-state index in [4.69, 9.17) is 11.6 Å². The van der Waals surface area contributed by atoms with Crippen molar-refractivity contribution in [2.24, 2.45) is 0 Å². The topological polar surface area (TPSA) is 71.8 Å². The van der Waals surface area contributed by atoms with Gasteiger partial charge in [-0.2, -0.15) is 13.2 Å². The molecule has 0 radical (unpaired) electrons. The second kappa shape index (κ2) is 9.81. The van der Waals surface area contributed by atoms with Crippen LogP contribution in [0.5, 0.6) is 0 Å². The lowest BCUT2D eigenvalue weighted by atomic mass is 9.90. The number of fused-ring (bicyclic) bond motifs is 1. The summed E-state index contributed by atoms with van der Waals surface area (Å²) in [5.41, 5.74) is 1.03. The summed E-state index contributed by atoms with van der Waals surface area (Å²) < 4.78 is 42.2. The molecule has 2 atom stereocenters. The lowest BCUT2D eigenvalue weighted by molar-refractivity contribution is -0.140. The molecule has 0 aliphatic heterocycles. The first-order valence-electron chi connectivity index (χ1n) is 11.6. The maximum Gasteiger partial charge on any atom is 0.433 e. The van der Waals surface area contributed by atoms with E-state index in [2.05, 4.69) is 20.6 Å². The molecule has 2 aromatic heterocycles. The molecular formula is C26H23ClF3N5O. The van der Waals surface area contributed by atoms with Gasteiger partial charge in [-0.25, -0.2) is 9.97 Å². The normalized spacial score (nSPS) is 18.2. The number of anilines is 1. The van der Waals surface area contributed by atoms with Crippen LogP contribution in [0, 0.1) is 0 Å². The number of hydrogen-bond acceptors (Lipinski definition) is 4. The molecule has 1 aliphatic carbocycles. The van der Waals surface area contributed by atoms with Crippen LogP contribution >= 0.6 is 11.6 Å². The summed E-state index contributed by atoms with van der Waals surface area (Å²) in [5, 5.41) is 7.29. The van der Waals surface area contributed by atoms with E-state index in [1.54, 1.807) is 30.7 Å². The molecule has 2 heterocycles. The number of rotatable bonds is 5. The van der Waals surface area contributed by atoms with Crippen molar-refractivity contribution in [2.45, 2.75) is 43.9 Å². The van der Waals surface area contributed by atoms with E-state index in [0.717, 1.165) is 31.0 Å². The first-order valence-corrected chi connectivity index (χ1v) is 12.0. The van der Waals surface area contributed by atoms with Crippen LogP contribution in [0.25, 0.3) is 16.6 Å². The molecule has 4 aromatic rings. The van der Waals surface area contributed by atoms with Gasteiger partial charge < -0.3 is 15.2 Å². The monoisotopic (exact) mass is 513 g/mol. The summed E-state index contributed by atoms with van der Waals surface area (Å²) in [4.78, 5) is 20.6. The lowest BCUT2D eigenvalue weighted by Crippen LogP contribution is -2.41. The average molecular weight is 514 g/mol. The Labute approximate surface area is 210 Å². The van der Waals surface area contributed by atoms with Gasteiger partial charge in [-0.1, -0.05) is 11.6 Å². The largest absolute Gasteiger partial charge is 0.433 e. The SMILES string of the molecule is O=C(N[C@@H]1CCC[C@H](Nc2cc(C(F)(F)F)nc3ccc(Cl)cc23)C1)c1ccc(-n2ccnc2)cc1. The third kappa shape index (κ3) is 5.31. The molecule has 1 amide bonds. The van der Waals surface area contributed by atoms with E-state index in [1.165, 1.54) is 12.1 Å². The number of pyridine rings is 1. The van der Waals surface area contributed by atoms with Gasteiger partial charge in [-0.15, -0.1) is 0 Å². The summed E-state index contributed by atoms with van der Waals surface area (Å²) in [6.45, 7) is 0. The Hall–Kier alpha value is -3.59. The fourth-order valence-corrected chi connectivity index (χ4v) is 4.77. The Kier molecular flexibility index (Phi) is 6.57.